The van der Waals surface area contributed by atoms with Gasteiger partial charge in [-0.05, 0) is 41.5 Å². The van der Waals surface area contributed by atoms with E-state index in [0.29, 0.717) is 25.0 Å². The van der Waals surface area contributed by atoms with Gasteiger partial charge in [0.2, 0.25) is 11.8 Å². The van der Waals surface area contributed by atoms with Crippen molar-refractivity contribution in [2.45, 2.75) is 24.9 Å². The third kappa shape index (κ3) is 4.94. The molecule has 0 aliphatic carbocycles. The Morgan fingerprint density at radius 1 is 0.774 bits per heavy atom. The minimum Gasteiger partial charge on any atom is -0.475 e. The molecular formula is C26H24N2O2S. The van der Waals surface area contributed by atoms with Crippen molar-refractivity contribution < 1.29 is 9.47 Å². The third-order valence-corrected chi connectivity index (χ3v) is 6.16. The maximum Gasteiger partial charge on any atom is 0.222 e. The highest BCUT2D eigenvalue weighted by Crippen LogP contribution is 2.24. The Morgan fingerprint density at radius 2 is 1.32 bits per heavy atom. The summed E-state index contributed by atoms with van der Waals surface area (Å²) in [6.07, 6.45) is 3.80. The highest BCUT2D eigenvalue weighted by molar-refractivity contribution is 7.10. The van der Waals surface area contributed by atoms with Gasteiger partial charge in [-0.15, -0.1) is 11.3 Å². The van der Waals surface area contributed by atoms with Crippen molar-refractivity contribution in [2.75, 3.05) is 13.2 Å². The van der Waals surface area contributed by atoms with Gasteiger partial charge in [-0.3, -0.25) is 0 Å². The minimum atomic E-state index is 0.103. The normalized spacial score (nSPS) is 19.9. The molecule has 5 heteroatoms. The van der Waals surface area contributed by atoms with Crippen molar-refractivity contribution in [3.8, 4) is 0 Å². The molecule has 3 aromatic rings. The summed E-state index contributed by atoms with van der Waals surface area (Å²) in [5.74, 6) is 1.27. The molecule has 5 rings (SSSR count). The molecule has 2 aliphatic heterocycles. The summed E-state index contributed by atoms with van der Waals surface area (Å²) in [7, 11) is 0. The van der Waals surface area contributed by atoms with Crippen molar-refractivity contribution in [3.05, 3.63) is 99.8 Å². The van der Waals surface area contributed by atoms with E-state index >= 15 is 0 Å². The van der Waals surface area contributed by atoms with E-state index in [1.807, 2.05) is 18.2 Å². The van der Waals surface area contributed by atoms with Crippen molar-refractivity contribution in [2.24, 2.45) is 9.98 Å². The average molecular weight is 429 g/mol. The molecule has 0 fully saturated rings. The SMILES string of the molecule is C(=C(C1=N[C@@H](Cc2ccccc2)CO1)C1=N[C@@H](Cc2ccccc2)CO1)c1cccs1. The van der Waals surface area contributed by atoms with Gasteiger partial charge >= 0.3 is 0 Å². The number of thiophene rings is 1. The van der Waals surface area contributed by atoms with Crippen LogP contribution in [0.15, 0.2) is 93.7 Å². The number of hydrogen-bond donors (Lipinski definition) is 0. The first kappa shape index (κ1) is 19.8. The van der Waals surface area contributed by atoms with Crippen LogP contribution in [-0.4, -0.2) is 37.1 Å². The monoisotopic (exact) mass is 428 g/mol. The summed E-state index contributed by atoms with van der Waals surface area (Å²) >= 11 is 1.68. The third-order valence-electron chi connectivity index (χ3n) is 5.34. The first-order valence-electron chi connectivity index (χ1n) is 10.6. The summed E-state index contributed by atoms with van der Waals surface area (Å²) in [5.41, 5.74) is 3.37. The first-order valence-corrected chi connectivity index (χ1v) is 11.5. The molecule has 0 N–H and O–H groups in total. The van der Waals surface area contributed by atoms with Crippen LogP contribution in [0.4, 0.5) is 0 Å². The number of hydrogen-bond acceptors (Lipinski definition) is 5. The van der Waals surface area contributed by atoms with Gasteiger partial charge < -0.3 is 9.47 Å². The van der Waals surface area contributed by atoms with Gasteiger partial charge in [0, 0.05) is 4.88 Å². The maximum atomic E-state index is 6.04. The van der Waals surface area contributed by atoms with E-state index in [1.165, 1.54) is 11.1 Å². The highest BCUT2D eigenvalue weighted by atomic mass is 32.1. The molecule has 0 spiro atoms. The summed E-state index contributed by atoms with van der Waals surface area (Å²) < 4.78 is 12.1. The molecule has 2 aromatic carbocycles. The zero-order chi connectivity index (χ0) is 20.9. The molecular weight excluding hydrogens is 404 g/mol. The minimum absolute atomic E-state index is 0.103. The predicted octanol–water partition coefficient (Wildman–Crippen LogP) is 5.21. The lowest BCUT2D eigenvalue weighted by Crippen LogP contribution is -2.14. The molecule has 4 nitrogen and oxygen atoms in total. The fourth-order valence-electron chi connectivity index (χ4n) is 3.84. The molecule has 0 saturated heterocycles. The van der Waals surface area contributed by atoms with Crippen LogP contribution in [0.5, 0.6) is 0 Å². The quantitative estimate of drug-likeness (QED) is 0.518. The second-order valence-corrected chi connectivity index (χ2v) is 8.73. The van der Waals surface area contributed by atoms with Crippen LogP contribution in [0, 0.1) is 0 Å². The van der Waals surface area contributed by atoms with Crippen molar-refractivity contribution in [1.82, 2.24) is 0 Å². The van der Waals surface area contributed by atoms with E-state index in [0.717, 1.165) is 23.3 Å². The Kier molecular flexibility index (Phi) is 5.94. The smallest absolute Gasteiger partial charge is 0.222 e. The van der Waals surface area contributed by atoms with E-state index in [9.17, 15) is 0 Å². The molecule has 1 aromatic heterocycles. The Labute approximate surface area is 186 Å². The number of benzene rings is 2. The molecule has 156 valence electrons. The molecule has 0 radical (unpaired) electrons. The molecule has 3 heterocycles. The standard InChI is InChI=1S/C26H24N2O2S/c1-3-8-19(9-4-1)14-21-17-29-25(27-21)24(16-23-12-7-13-31-23)26-28-22(18-30-26)15-20-10-5-2-6-11-20/h1-13,16,21-22H,14-15,17-18H2/t21-,22-/m0/s1. The van der Waals surface area contributed by atoms with E-state index in [4.69, 9.17) is 19.5 Å². The van der Waals surface area contributed by atoms with E-state index in [2.05, 4.69) is 66.1 Å². The van der Waals surface area contributed by atoms with Gasteiger partial charge in [0.15, 0.2) is 0 Å². The van der Waals surface area contributed by atoms with E-state index in [-0.39, 0.29) is 12.1 Å². The van der Waals surface area contributed by atoms with Gasteiger partial charge in [-0.1, -0.05) is 66.7 Å². The summed E-state index contributed by atoms with van der Waals surface area (Å²) in [4.78, 5) is 10.9. The number of nitrogens with zero attached hydrogens (tertiary/aromatic N) is 2. The van der Waals surface area contributed by atoms with Crippen LogP contribution in [0.2, 0.25) is 0 Å². The molecule has 31 heavy (non-hydrogen) atoms. The zero-order valence-corrected chi connectivity index (χ0v) is 18.0. The largest absolute Gasteiger partial charge is 0.475 e. The van der Waals surface area contributed by atoms with E-state index < -0.39 is 0 Å². The van der Waals surface area contributed by atoms with Crippen LogP contribution in [0.3, 0.4) is 0 Å². The Morgan fingerprint density at radius 3 is 1.81 bits per heavy atom. The number of aliphatic imine (C=N–C) groups is 2. The molecule has 0 bridgehead atoms. The summed E-state index contributed by atoms with van der Waals surface area (Å²) in [5, 5.41) is 2.06. The van der Waals surface area contributed by atoms with Gasteiger partial charge in [-0.25, -0.2) is 9.98 Å². The maximum absolute atomic E-state index is 6.04. The first-order chi connectivity index (χ1) is 15.3. The van der Waals surface area contributed by atoms with Crippen molar-refractivity contribution >= 4 is 29.2 Å². The zero-order valence-electron chi connectivity index (χ0n) is 17.2. The summed E-state index contributed by atoms with van der Waals surface area (Å²) in [6.45, 7) is 1.15. The number of rotatable bonds is 7. The lowest BCUT2D eigenvalue weighted by atomic mass is 10.1. The second-order valence-electron chi connectivity index (χ2n) is 7.75. The number of ether oxygens (including phenoxy) is 2. The summed E-state index contributed by atoms with van der Waals surface area (Å²) in [6, 6.07) is 25.2. The van der Waals surface area contributed by atoms with Crippen LogP contribution >= 0.6 is 11.3 Å². The molecule has 2 atom stereocenters. The van der Waals surface area contributed by atoms with Gasteiger partial charge in [0.1, 0.15) is 13.2 Å². The fraction of sp³-hybridized carbons (Fsp3) is 0.231. The fourth-order valence-corrected chi connectivity index (χ4v) is 4.49. The predicted molar refractivity (Wildman–Crippen MR) is 127 cm³/mol. The molecule has 0 amide bonds. The van der Waals surface area contributed by atoms with Crippen LogP contribution < -0.4 is 0 Å². The second kappa shape index (κ2) is 9.31. The van der Waals surface area contributed by atoms with Crippen LogP contribution in [0.1, 0.15) is 16.0 Å². The van der Waals surface area contributed by atoms with E-state index in [1.54, 1.807) is 11.3 Å². The molecule has 0 saturated carbocycles. The lowest BCUT2D eigenvalue weighted by molar-refractivity contribution is 0.307. The van der Waals surface area contributed by atoms with Crippen molar-refractivity contribution in [3.63, 3.8) is 0 Å². The average Bonchev–Trinajstić information content (AvgIpc) is 3.56. The van der Waals surface area contributed by atoms with Gasteiger partial charge in [0.25, 0.3) is 0 Å². The van der Waals surface area contributed by atoms with Crippen LogP contribution in [-0.2, 0) is 22.3 Å². The Hall–Kier alpha value is -3.18. The van der Waals surface area contributed by atoms with Crippen molar-refractivity contribution in [1.29, 1.82) is 0 Å². The Bertz CT molecular complexity index is 1020. The van der Waals surface area contributed by atoms with Gasteiger partial charge in [0.05, 0.1) is 17.7 Å². The Balaban J connectivity index is 1.38. The van der Waals surface area contributed by atoms with Crippen LogP contribution in [0.25, 0.3) is 6.08 Å². The lowest BCUT2D eigenvalue weighted by Gasteiger charge is -2.06. The van der Waals surface area contributed by atoms with Gasteiger partial charge in [-0.2, -0.15) is 0 Å². The molecule has 2 aliphatic rings. The molecule has 0 unspecified atom stereocenters. The topological polar surface area (TPSA) is 43.2 Å². The highest BCUT2D eigenvalue weighted by Gasteiger charge is 2.30.